The molecule has 40 heavy (non-hydrogen) atoms. The molecule has 0 aromatic heterocycles. The number of fused-ring (bicyclic) bond motifs is 7. The van der Waals surface area contributed by atoms with E-state index in [4.69, 9.17) is 4.74 Å². The molecule has 0 spiro atoms. The molecular weight excluding hydrogens is 502 g/mol. The zero-order chi connectivity index (χ0) is 28.9. The number of nitrogens with one attached hydrogen (secondary N) is 1. The van der Waals surface area contributed by atoms with Crippen molar-refractivity contribution in [3.8, 4) is 0 Å². The van der Waals surface area contributed by atoms with E-state index in [2.05, 4.69) is 46.9 Å². The Balaban J connectivity index is 1.29. The monoisotopic (exact) mass is 557 g/mol. The van der Waals surface area contributed by atoms with Crippen LogP contribution in [0.1, 0.15) is 119 Å². The van der Waals surface area contributed by atoms with Gasteiger partial charge in [0.1, 0.15) is 6.10 Å². The summed E-state index contributed by atoms with van der Waals surface area (Å²) < 4.78 is 6.12. The first-order chi connectivity index (χ1) is 18.7. The summed E-state index contributed by atoms with van der Waals surface area (Å²) in [5.74, 6) is 1.53. The van der Waals surface area contributed by atoms with Gasteiger partial charge in [0.2, 0.25) is 0 Å². The minimum absolute atomic E-state index is 0.0503. The summed E-state index contributed by atoms with van der Waals surface area (Å²) in [6, 6.07) is 0.311. The van der Waals surface area contributed by atoms with Crippen LogP contribution >= 0.6 is 0 Å². The van der Waals surface area contributed by atoms with E-state index in [-0.39, 0.29) is 52.3 Å². The maximum Gasteiger partial charge on any atom is 0.407 e. The summed E-state index contributed by atoms with van der Waals surface area (Å²) in [6.45, 7) is 14.7. The van der Waals surface area contributed by atoms with Crippen LogP contribution in [0.3, 0.4) is 0 Å². The SMILES string of the molecule is CC(CO)[C@@H]1CC[C@]2(C(=O)O)CC[C@]3(C)C(CCC4[C@@]5(C)CC[C@@H](OC(=O)NC6CC6)C(C)(C)C5CC[C@]43C)C12. The second kappa shape index (κ2) is 9.35. The number of alkyl carbamates (subject to hydrolysis) is 1. The Bertz CT molecular complexity index is 1040. The van der Waals surface area contributed by atoms with Gasteiger partial charge in [-0.2, -0.15) is 0 Å². The van der Waals surface area contributed by atoms with Gasteiger partial charge in [-0.15, -0.1) is 0 Å². The summed E-state index contributed by atoms with van der Waals surface area (Å²) in [7, 11) is 0. The number of carboxylic acid groups (broad SMARTS) is 1. The molecule has 0 heterocycles. The smallest absolute Gasteiger partial charge is 0.407 e. The fourth-order valence-corrected chi connectivity index (χ4v) is 12.5. The van der Waals surface area contributed by atoms with Crippen molar-refractivity contribution in [2.24, 2.45) is 62.6 Å². The van der Waals surface area contributed by atoms with Crippen molar-refractivity contribution < 1.29 is 24.5 Å². The van der Waals surface area contributed by atoms with Crippen molar-refractivity contribution in [2.45, 2.75) is 131 Å². The molecule has 226 valence electrons. The molecule has 0 aliphatic heterocycles. The highest BCUT2D eigenvalue weighted by molar-refractivity contribution is 5.76. The number of rotatable bonds is 5. The van der Waals surface area contributed by atoms with Gasteiger partial charge in [-0.3, -0.25) is 4.79 Å². The Hall–Kier alpha value is -1.30. The van der Waals surface area contributed by atoms with Crippen LogP contribution in [0, 0.1) is 62.6 Å². The first-order valence-corrected chi connectivity index (χ1v) is 16.6. The Morgan fingerprint density at radius 2 is 1.57 bits per heavy atom. The third-order valence-electron chi connectivity index (χ3n) is 15.0. The van der Waals surface area contributed by atoms with Gasteiger partial charge in [0.15, 0.2) is 0 Å². The maximum absolute atomic E-state index is 12.9. The highest BCUT2D eigenvalue weighted by Crippen LogP contribution is 2.77. The van der Waals surface area contributed by atoms with Crippen molar-refractivity contribution in [1.29, 1.82) is 0 Å². The molecule has 6 fully saturated rings. The van der Waals surface area contributed by atoms with Crippen molar-refractivity contribution in [3.63, 3.8) is 0 Å². The molecule has 1 amide bonds. The van der Waals surface area contributed by atoms with E-state index in [1.54, 1.807) is 0 Å². The number of aliphatic hydroxyl groups is 1. The van der Waals surface area contributed by atoms with Crippen LogP contribution in [-0.2, 0) is 9.53 Å². The molecule has 5 unspecified atom stereocenters. The first-order valence-electron chi connectivity index (χ1n) is 16.6. The lowest BCUT2D eigenvalue weighted by Crippen LogP contribution is -2.67. The molecule has 6 heteroatoms. The van der Waals surface area contributed by atoms with Crippen LogP contribution in [0.2, 0.25) is 0 Å². The normalized spacial score (nSPS) is 50.0. The second-order valence-corrected chi connectivity index (χ2v) is 16.7. The van der Waals surface area contributed by atoms with Crippen molar-refractivity contribution in [1.82, 2.24) is 5.32 Å². The number of carbonyl (C=O) groups excluding carboxylic acids is 1. The zero-order valence-electron chi connectivity index (χ0n) is 25.9. The molecule has 6 aliphatic rings. The van der Waals surface area contributed by atoms with E-state index in [0.717, 1.165) is 64.2 Å². The molecule has 11 atom stereocenters. The number of amides is 1. The minimum atomic E-state index is -0.610. The zero-order valence-corrected chi connectivity index (χ0v) is 25.9. The molecular formula is C34H55NO5. The van der Waals surface area contributed by atoms with E-state index in [1.165, 1.54) is 12.8 Å². The van der Waals surface area contributed by atoms with Crippen molar-refractivity contribution in [3.05, 3.63) is 0 Å². The van der Waals surface area contributed by atoms with Gasteiger partial charge in [0.05, 0.1) is 5.41 Å². The molecule has 6 saturated carbocycles. The topological polar surface area (TPSA) is 95.9 Å². The van der Waals surface area contributed by atoms with E-state index in [9.17, 15) is 19.8 Å². The Labute approximate surface area is 241 Å². The van der Waals surface area contributed by atoms with Gasteiger partial charge >= 0.3 is 12.1 Å². The third-order valence-corrected chi connectivity index (χ3v) is 15.0. The Morgan fingerprint density at radius 1 is 0.850 bits per heavy atom. The van der Waals surface area contributed by atoms with Crippen LogP contribution in [0.5, 0.6) is 0 Å². The summed E-state index contributed by atoms with van der Waals surface area (Å²) in [6.07, 6.45) is 12.0. The molecule has 3 N–H and O–H groups in total. The number of hydrogen-bond acceptors (Lipinski definition) is 4. The number of ether oxygens (including phenoxy) is 1. The average molecular weight is 558 g/mol. The van der Waals surface area contributed by atoms with Crippen LogP contribution in [-0.4, -0.2) is 41.0 Å². The standard InChI is InChI=1S/C34H55NO5/c1-20(19-36)22-11-16-34(28(37)38)18-17-32(5)23(27(22)34)9-10-25-31(4)14-13-26(40-29(39)35-21-7-8-21)30(2,3)24(31)12-15-33(25,32)6/h20-27,36H,7-19H2,1-6H3,(H,35,39)(H,37,38)/t20?,22-,23?,24?,25?,26+,27?,31-,32+,33+,34-/m0/s1. The fraction of sp³-hybridized carbons (Fsp3) is 0.941. The maximum atomic E-state index is 12.9. The summed E-state index contributed by atoms with van der Waals surface area (Å²) >= 11 is 0. The minimum Gasteiger partial charge on any atom is -0.481 e. The number of carbonyl (C=O) groups is 2. The number of aliphatic carboxylic acids is 1. The molecule has 6 aliphatic carbocycles. The highest BCUT2D eigenvalue weighted by atomic mass is 16.6. The first kappa shape index (κ1) is 28.8. The van der Waals surface area contributed by atoms with E-state index >= 15 is 0 Å². The Morgan fingerprint density at radius 3 is 2.23 bits per heavy atom. The lowest BCUT2D eigenvalue weighted by atomic mass is 9.32. The van der Waals surface area contributed by atoms with Crippen molar-refractivity contribution >= 4 is 12.1 Å². The van der Waals surface area contributed by atoms with Gasteiger partial charge in [-0.25, -0.2) is 4.79 Å². The molecule has 0 aromatic carbocycles. The largest absolute Gasteiger partial charge is 0.481 e. The van der Waals surface area contributed by atoms with Gasteiger partial charge in [0.25, 0.3) is 0 Å². The van der Waals surface area contributed by atoms with Crippen LogP contribution in [0.4, 0.5) is 4.79 Å². The van der Waals surface area contributed by atoms with E-state index in [0.29, 0.717) is 29.7 Å². The van der Waals surface area contributed by atoms with Gasteiger partial charge in [-0.05, 0) is 129 Å². The van der Waals surface area contributed by atoms with Crippen LogP contribution in [0.15, 0.2) is 0 Å². The van der Waals surface area contributed by atoms with E-state index in [1.807, 2.05) is 0 Å². The highest BCUT2D eigenvalue weighted by Gasteiger charge is 2.72. The molecule has 0 aromatic rings. The quantitative estimate of drug-likeness (QED) is 0.337. The predicted molar refractivity (Wildman–Crippen MR) is 154 cm³/mol. The van der Waals surface area contributed by atoms with Crippen LogP contribution in [0.25, 0.3) is 0 Å². The summed E-state index contributed by atoms with van der Waals surface area (Å²) in [4.78, 5) is 25.6. The molecule has 0 radical (unpaired) electrons. The average Bonchev–Trinajstić information content (AvgIpc) is 3.61. The predicted octanol–water partition coefficient (Wildman–Crippen LogP) is 7.04. The van der Waals surface area contributed by atoms with Crippen molar-refractivity contribution in [2.75, 3.05) is 6.61 Å². The number of carboxylic acids is 1. The fourth-order valence-electron chi connectivity index (χ4n) is 12.5. The summed E-state index contributed by atoms with van der Waals surface area (Å²) in [5.41, 5.74) is -0.236. The van der Waals surface area contributed by atoms with Gasteiger partial charge < -0.3 is 20.3 Å². The number of hydrogen-bond donors (Lipinski definition) is 3. The molecule has 6 nitrogen and oxygen atoms in total. The van der Waals surface area contributed by atoms with E-state index < -0.39 is 11.4 Å². The molecule has 6 rings (SSSR count). The summed E-state index contributed by atoms with van der Waals surface area (Å²) in [5, 5.41) is 23.8. The number of aliphatic hydroxyl groups excluding tert-OH is 1. The third kappa shape index (κ3) is 3.82. The lowest BCUT2D eigenvalue weighted by molar-refractivity contribution is -0.249. The van der Waals surface area contributed by atoms with Gasteiger partial charge in [0, 0.05) is 18.1 Å². The Kier molecular flexibility index (Phi) is 6.73. The second-order valence-electron chi connectivity index (χ2n) is 16.7. The van der Waals surface area contributed by atoms with Gasteiger partial charge in [-0.1, -0.05) is 41.5 Å². The van der Waals surface area contributed by atoms with Crippen LogP contribution < -0.4 is 5.32 Å². The lowest BCUT2D eigenvalue weighted by Gasteiger charge is -2.72. The molecule has 0 saturated heterocycles. The molecule has 0 bridgehead atoms.